The Balaban J connectivity index is 1.60. The second-order valence-corrected chi connectivity index (χ2v) is 6.58. The first-order valence-corrected chi connectivity index (χ1v) is 9.04. The average molecular weight is 351 g/mol. The van der Waals surface area contributed by atoms with Gasteiger partial charge in [-0.25, -0.2) is 0 Å². The summed E-state index contributed by atoms with van der Waals surface area (Å²) in [5.74, 6) is 0.762. The van der Waals surface area contributed by atoms with Crippen molar-refractivity contribution < 1.29 is 14.3 Å². The fraction of sp³-hybridized carbons (Fsp3) is 0.318. The minimum Gasteiger partial charge on any atom is -0.491 e. The number of hydrogen-bond donors (Lipinski definition) is 0. The molecular weight excluding hydrogens is 326 g/mol. The van der Waals surface area contributed by atoms with Crippen molar-refractivity contribution in [2.75, 3.05) is 31.2 Å². The van der Waals surface area contributed by atoms with Gasteiger partial charge in [0.2, 0.25) is 0 Å². The summed E-state index contributed by atoms with van der Waals surface area (Å²) in [5, 5.41) is 0. The summed E-state index contributed by atoms with van der Waals surface area (Å²) in [6, 6.07) is 15.5. The molecule has 0 bridgehead atoms. The van der Waals surface area contributed by atoms with Gasteiger partial charge in [0.15, 0.2) is 5.78 Å². The molecule has 0 aliphatic carbocycles. The second kappa shape index (κ2) is 8.68. The number of carbonyl (C=O) groups is 1. The van der Waals surface area contributed by atoms with E-state index in [0.29, 0.717) is 5.56 Å². The third kappa shape index (κ3) is 4.96. The number of morpholine rings is 1. The third-order valence-electron chi connectivity index (χ3n) is 4.21. The lowest BCUT2D eigenvalue weighted by molar-refractivity contribution is 0.104. The number of hydrogen-bond acceptors (Lipinski definition) is 4. The molecule has 0 saturated carbocycles. The van der Waals surface area contributed by atoms with Crippen LogP contribution in [-0.2, 0) is 4.74 Å². The Hall–Kier alpha value is -2.59. The highest BCUT2D eigenvalue weighted by Gasteiger charge is 2.10. The number of nitrogens with zero attached hydrogens (tertiary/aromatic N) is 1. The van der Waals surface area contributed by atoms with E-state index in [0.717, 1.165) is 37.6 Å². The van der Waals surface area contributed by atoms with Crippen molar-refractivity contribution in [3.05, 3.63) is 65.7 Å². The van der Waals surface area contributed by atoms with Gasteiger partial charge in [-0.2, -0.15) is 0 Å². The predicted octanol–water partition coefficient (Wildman–Crippen LogP) is 4.21. The highest BCUT2D eigenvalue weighted by molar-refractivity contribution is 6.06. The highest BCUT2D eigenvalue weighted by atomic mass is 16.5. The molecule has 1 fully saturated rings. The summed E-state index contributed by atoms with van der Waals surface area (Å²) in [4.78, 5) is 14.6. The number of anilines is 1. The molecule has 3 rings (SSSR count). The molecule has 0 spiro atoms. The molecule has 1 heterocycles. The van der Waals surface area contributed by atoms with Crippen molar-refractivity contribution in [3.63, 3.8) is 0 Å². The van der Waals surface area contributed by atoms with Crippen molar-refractivity contribution >= 4 is 17.5 Å². The molecule has 0 amide bonds. The Morgan fingerprint density at radius 1 is 1.04 bits per heavy atom. The molecule has 2 aromatic carbocycles. The highest BCUT2D eigenvalue weighted by Crippen LogP contribution is 2.18. The van der Waals surface area contributed by atoms with Crippen LogP contribution in [-0.4, -0.2) is 38.2 Å². The lowest BCUT2D eigenvalue weighted by Crippen LogP contribution is -2.36. The topological polar surface area (TPSA) is 38.8 Å². The van der Waals surface area contributed by atoms with Gasteiger partial charge in [-0.15, -0.1) is 0 Å². The Morgan fingerprint density at radius 3 is 2.31 bits per heavy atom. The van der Waals surface area contributed by atoms with Crippen molar-refractivity contribution in [1.82, 2.24) is 0 Å². The largest absolute Gasteiger partial charge is 0.491 e. The molecule has 26 heavy (non-hydrogen) atoms. The lowest BCUT2D eigenvalue weighted by Gasteiger charge is -2.28. The third-order valence-corrected chi connectivity index (χ3v) is 4.21. The molecular formula is C22H25NO3. The van der Waals surface area contributed by atoms with Crippen LogP contribution in [0.1, 0.15) is 29.8 Å². The molecule has 4 nitrogen and oxygen atoms in total. The van der Waals surface area contributed by atoms with Gasteiger partial charge in [-0.05, 0) is 61.9 Å². The Morgan fingerprint density at radius 2 is 1.69 bits per heavy atom. The monoisotopic (exact) mass is 351 g/mol. The molecule has 136 valence electrons. The molecule has 0 atom stereocenters. The zero-order valence-electron chi connectivity index (χ0n) is 15.4. The Kier molecular flexibility index (Phi) is 6.08. The molecule has 1 aliphatic heterocycles. The van der Waals surface area contributed by atoms with Gasteiger partial charge in [0.1, 0.15) is 5.75 Å². The van der Waals surface area contributed by atoms with E-state index in [-0.39, 0.29) is 11.9 Å². The first-order valence-electron chi connectivity index (χ1n) is 9.04. The van der Waals surface area contributed by atoms with Gasteiger partial charge in [0.25, 0.3) is 0 Å². The summed E-state index contributed by atoms with van der Waals surface area (Å²) >= 11 is 0. The van der Waals surface area contributed by atoms with Gasteiger partial charge in [0, 0.05) is 24.3 Å². The maximum atomic E-state index is 12.3. The van der Waals surface area contributed by atoms with Crippen molar-refractivity contribution in [1.29, 1.82) is 0 Å². The van der Waals surface area contributed by atoms with Gasteiger partial charge < -0.3 is 14.4 Å². The molecule has 0 unspecified atom stereocenters. The summed E-state index contributed by atoms with van der Waals surface area (Å²) in [5.41, 5.74) is 2.86. The molecule has 1 saturated heterocycles. The van der Waals surface area contributed by atoms with E-state index in [9.17, 15) is 4.79 Å². The number of allylic oxidation sites excluding steroid dienone is 1. The van der Waals surface area contributed by atoms with Crippen LogP contribution in [0.15, 0.2) is 54.6 Å². The van der Waals surface area contributed by atoms with E-state index in [2.05, 4.69) is 17.0 Å². The van der Waals surface area contributed by atoms with Gasteiger partial charge >= 0.3 is 0 Å². The van der Waals surface area contributed by atoms with Crippen LogP contribution in [0.3, 0.4) is 0 Å². The van der Waals surface area contributed by atoms with Crippen LogP contribution in [0.4, 0.5) is 5.69 Å². The fourth-order valence-corrected chi connectivity index (χ4v) is 2.86. The zero-order chi connectivity index (χ0) is 18.4. The predicted molar refractivity (Wildman–Crippen MR) is 105 cm³/mol. The smallest absolute Gasteiger partial charge is 0.185 e. The van der Waals surface area contributed by atoms with E-state index >= 15 is 0 Å². The summed E-state index contributed by atoms with van der Waals surface area (Å²) in [6.07, 6.45) is 3.59. The average Bonchev–Trinajstić information content (AvgIpc) is 2.67. The Bertz CT molecular complexity index is 742. The second-order valence-electron chi connectivity index (χ2n) is 6.58. The van der Waals surface area contributed by atoms with Crippen LogP contribution in [0.25, 0.3) is 6.08 Å². The number of ketones is 1. The minimum absolute atomic E-state index is 0.0154. The van der Waals surface area contributed by atoms with Crippen molar-refractivity contribution in [2.45, 2.75) is 20.0 Å². The van der Waals surface area contributed by atoms with Crippen LogP contribution in [0, 0.1) is 0 Å². The normalized spacial score (nSPS) is 14.8. The van der Waals surface area contributed by atoms with Gasteiger partial charge in [0.05, 0.1) is 19.3 Å². The number of benzene rings is 2. The summed E-state index contributed by atoms with van der Waals surface area (Å²) in [6.45, 7) is 7.35. The molecule has 0 radical (unpaired) electrons. The molecule has 4 heteroatoms. The van der Waals surface area contributed by atoms with E-state index in [1.54, 1.807) is 18.2 Å². The fourth-order valence-electron chi connectivity index (χ4n) is 2.86. The van der Waals surface area contributed by atoms with Crippen LogP contribution >= 0.6 is 0 Å². The minimum atomic E-state index is -0.0154. The van der Waals surface area contributed by atoms with E-state index in [1.165, 1.54) is 5.69 Å². The summed E-state index contributed by atoms with van der Waals surface area (Å²) in [7, 11) is 0. The van der Waals surface area contributed by atoms with E-state index in [4.69, 9.17) is 9.47 Å². The maximum absolute atomic E-state index is 12.3. The molecule has 1 aliphatic rings. The van der Waals surface area contributed by atoms with Gasteiger partial charge in [-0.3, -0.25) is 4.79 Å². The first kappa shape index (κ1) is 18.2. The summed E-state index contributed by atoms with van der Waals surface area (Å²) < 4.78 is 11.0. The van der Waals surface area contributed by atoms with Crippen LogP contribution < -0.4 is 9.64 Å². The first-order chi connectivity index (χ1) is 12.6. The quantitative estimate of drug-likeness (QED) is 0.577. The van der Waals surface area contributed by atoms with E-state index < -0.39 is 0 Å². The Labute approximate surface area is 155 Å². The zero-order valence-corrected chi connectivity index (χ0v) is 15.4. The maximum Gasteiger partial charge on any atom is 0.185 e. The van der Waals surface area contributed by atoms with Crippen molar-refractivity contribution in [2.24, 2.45) is 0 Å². The molecule has 0 aromatic heterocycles. The standard InChI is InChI=1S/C22H25NO3/c1-17(2)26-21-10-6-19(7-11-21)22(24)12-5-18-3-8-20(9-4-18)23-13-15-25-16-14-23/h3-12,17H,13-16H2,1-2H3/b12-5+. The van der Waals surface area contributed by atoms with Crippen LogP contribution in [0.2, 0.25) is 0 Å². The SMILES string of the molecule is CC(C)Oc1ccc(C(=O)/C=C/c2ccc(N3CCOCC3)cc2)cc1. The number of ether oxygens (including phenoxy) is 2. The number of rotatable bonds is 6. The molecule has 2 aromatic rings. The van der Waals surface area contributed by atoms with E-state index in [1.807, 2.05) is 44.2 Å². The van der Waals surface area contributed by atoms with Crippen LogP contribution in [0.5, 0.6) is 5.75 Å². The van der Waals surface area contributed by atoms with Crippen molar-refractivity contribution in [3.8, 4) is 5.75 Å². The van der Waals surface area contributed by atoms with Gasteiger partial charge in [-0.1, -0.05) is 18.2 Å². The lowest BCUT2D eigenvalue weighted by atomic mass is 10.1. The number of carbonyl (C=O) groups excluding carboxylic acids is 1. The molecule has 0 N–H and O–H groups in total.